The topological polar surface area (TPSA) is 128 Å². The third kappa shape index (κ3) is 4.83. The van der Waals surface area contributed by atoms with E-state index in [1.54, 1.807) is 60.7 Å². The minimum absolute atomic E-state index is 0.00799. The molecule has 3 aromatic carbocycles. The number of carboxylic acid groups (broad SMARTS) is 2. The van der Waals surface area contributed by atoms with Gasteiger partial charge in [-0.3, -0.25) is 19.4 Å². The van der Waals surface area contributed by atoms with Crippen LogP contribution >= 0.6 is 12.2 Å². The Hall–Kier alpha value is -5.35. The zero-order valence-electron chi connectivity index (χ0n) is 20.0. The molecule has 2 heterocycles. The molecule has 9 nitrogen and oxygen atoms in total. The number of thiocarbonyl (C=S) groups is 1. The third-order valence-corrected chi connectivity index (χ3v) is 6.27. The van der Waals surface area contributed by atoms with Gasteiger partial charge < -0.3 is 14.6 Å². The summed E-state index contributed by atoms with van der Waals surface area (Å²) < 4.78 is 5.81. The molecule has 1 aliphatic heterocycles. The molecule has 0 aliphatic carbocycles. The van der Waals surface area contributed by atoms with Crippen molar-refractivity contribution < 1.29 is 33.8 Å². The van der Waals surface area contributed by atoms with Crippen LogP contribution < -0.4 is 9.80 Å². The molecule has 0 radical (unpaired) electrons. The summed E-state index contributed by atoms with van der Waals surface area (Å²) in [6.45, 7) is 0. The van der Waals surface area contributed by atoms with Gasteiger partial charge in [0.1, 0.15) is 17.1 Å². The number of anilines is 2. The van der Waals surface area contributed by atoms with Gasteiger partial charge in [0.15, 0.2) is 5.11 Å². The van der Waals surface area contributed by atoms with Gasteiger partial charge in [0.2, 0.25) is 0 Å². The van der Waals surface area contributed by atoms with Crippen molar-refractivity contribution in [1.29, 1.82) is 0 Å². The van der Waals surface area contributed by atoms with Gasteiger partial charge in [-0.15, -0.1) is 0 Å². The number of carbonyl (C=O) groups excluding carboxylic acids is 2. The average Bonchev–Trinajstić information content (AvgIpc) is 3.41. The van der Waals surface area contributed by atoms with E-state index in [2.05, 4.69) is 0 Å². The van der Waals surface area contributed by atoms with Crippen molar-refractivity contribution in [3.05, 3.63) is 113 Å². The van der Waals surface area contributed by atoms with E-state index in [-0.39, 0.29) is 38.9 Å². The van der Waals surface area contributed by atoms with Crippen molar-refractivity contribution in [3.63, 3.8) is 0 Å². The number of para-hydroxylation sites is 2. The van der Waals surface area contributed by atoms with Crippen LogP contribution in [0.1, 0.15) is 26.5 Å². The highest BCUT2D eigenvalue weighted by Crippen LogP contribution is 2.31. The quantitative estimate of drug-likeness (QED) is 0.197. The number of carbonyl (C=O) groups is 4. The van der Waals surface area contributed by atoms with Crippen molar-refractivity contribution >= 4 is 58.5 Å². The Morgan fingerprint density at radius 2 is 1.21 bits per heavy atom. The summed E-state index contributed by atoms with van der Waals surface area (Å²) in [4.78, 5) is 52.7. The molecule has 0 saturated carbocycles. The Kier molecular flexibility index (Phi) is 6.61. The number of nitrogens with zero attached hydrogens (tertiary/aromatic N) is 2. The number of aromatic carboxylic acids is 2. The van der Waals surface area contributed by atoms with Crippen LogP contribution in [0.2, 0.25) is 0 Å². The van der Waals surface area contributed by atoms with Gasteiger partial charge in [-0.25, -0.2) is 9.59 Å². The number of benzene rings is 3. The Balaban J connectivity index is 1.59. The van der Waals surface area contributed by atoms with Crippen molar-refractivity contribution in [2.45, 2.75) is 0 Å². The highest BCUT2D eigenvalue weighted by Gasteiger charge is 2.41. The van der Waals surface area contributed by atoms with Gasteiger partial charge in [-0.2, -0.15) is 0 Å². The molecule has 5 rings (SSSR count). The first-order valence-corrected chi connectivity index (χ1v) is 11.9. The minimum atomic E-state index is -1.30. The molecule has 1 saturated heterocycles. The zero-order valence-corrected chi connectivity index (χ0v) is 20.8. The van der Waals surface area contributed by atoms with Gasteiger partial charge >= 0.3 is 11.9 Å². The van der Waals surface area contributed by atoms with Crippen molar-refractivity contribution in [3.8, 4) is 11.3 Å². The third-order valence-electron chi connectivity index (χ3n) is 5.90. The lowest BCUT2D eigenvalue weighted by Crippen LogP contribution is -2.56. The fourth-order valence-electron chi connectivity index (χ4n) is 4.08. The summed E-state index contributed by atoms with van der Waals surface area (Å²) in [6.07, 6.45) is 1.28. The molecule has 0 bridgehead atoms. The highest BCUT2D eigenvalue weighted by atomic mass is 32.1. The lowest BCUT2D eigenvalue weighted by atomic mass is 10.0. The van der Waals surface area contributed by atoms with Crippen LogP contribution in [0.15, 0.2) is 101 Å². The van der Waals surface area contributed by atoms with E-state index in [1.807, 2.05) is 0 Å². The fraction of sp³-hybridized carbons (Fsp3) is 0. The SMILES string of the molecule is O=C(O)c1cc(C(=O)O)cc(-c2ccc(C=C3C(=O)N(c4ccccc4)C(=S)N(c4ccccc4)C3=O)o2)c1. The van der Waals surface area contributed by atoms with Gasteiger partial charge in [0, 0.05) is 5.56 Å². The molecule has 39 heavy (non-hydrogen) atoms. The number of rotatable bonds is 6. The highest BCUT2D eigenvalue weighted by molar-refractivity contribution is 7.81. The standard InChI is InChI=1S/C29H18N2O7S/c32-25-23(16-22-11-12-24(38-22)17-13-18(27(34)35)15-19(14-17)28(36)37)26(33)31(21-9-5-2-6-10-21)29(39)30(25)20-7-3-1-4-8-20/h1-16H,(H,34,35)(H,36,37). The first-order valence-electron chi connectivity index (χ1n) is 11.5. The van der Waals surface area contributed by atoms with Crippen molar-refractivity contribution in [2.24, 2.45) is 0 Å². The molecule has 0 spiro atoms. The molecule has 0 unspecified atom stereocenters. The number of amides is 2. The maximum atomic E-state index is 13.6. The lowest BCUT2D eigenvalue weighted by Gasteiger charge is -2.36. The van der Waals surface area contributed by atoms with Crippen LogP contribution in [0.3, 0.4) is 0 Å². The molecule has 0 atom stereocenters. The van der Waals surface area contributed by atoms with E-state index in [0.717, 1.165) is 6.07 Å². The molecule has 2 amide bonds. The first-order chi connectivity index (χ1) is 18.7. The fourth-order valence-corrected chi connectivity index (χ4v) is 4.46. The molecule has 1 aliphatic rings. The maximum Gasteiger partial charge on any atom is 0.335 e. The summed E-state index contributed by atoms with van der Waals surface area (Å²) in [5.74, 6) is -3.63. The second kappa shape index (κ2) is 10.2. The smallest absolute Gasteiger partial charge is 0.335 e. The van der Waals surface area contributed by atoms with Crippen LogP contribution in [0, 0.1) is 0 Å². The molecule has 192 valence electrons. The van der Waals surface area contributed by atoms with Crippen LogP contribution in [-0.2, 0) is 9.59 Å². The van der Waals surface area contributed by atoms with Crippen LogP contribution in [0.5, 0.6) is 0 Å². The normalized spacial score (nSPS) is 13.5. The average molecular weight is 539 g/mol. The summed E-state index contributed by atoms with van der Waals surface area (Å²) in [7, 11) is 0. The Morgan fingerprint density at radius 1 is 0.718 bits per heavy atom. The van der Waals surface area contributed by atoms with Gasteiger partial charge in [-0.1, -0.05) is 36.4 Å². The summed E-state index contributed by atoms with van der Waals surface area (Å²) in [6, 6.07) is 23.9. The molecule has 1 aromatic heterocycles. The van der Waals surface area contributed by atoms with Crippen LogP contribution in [-0.4, -0.2) is 39.1 Å². The lowest BCUT2D eigenvalue weighted by molar-refractivity contribution is -0.120. The number of carboxylic acids is 2. The summed E-state index contributed by atoms with van der Waals surface area (Å²) in [5.41, 5.74) is 0.463. The molecular formula is C29H18N2O7S. The number of furan rings is 1. The predicted octanol–water partition coefficient (Wildman–Crippen LogP) is 5.09. The Bertz CT molecular complexity index is 1580. The molecule has 4 aromatic rings. The molecular weight excluding hydrogens is 520 g/mol. The predicted molar refractivity (Wildman–Crippen MR) is 146 cm³/mol. The largest absolute Gasteiger partial charge is 0.478 e. The summed E-state index contributed by atoms with van der Waals surface area (Å²) in [5, 5.41) is 18.7. The van der Waals surface area contributed by atoms with E-state index < -0.39 is 23.8 Å². The zero-order chi connectivity index (χ0) is 27.7. The molecule has 1 fully saturated rings. The number of hydrogen-bond donors (Lipinski definition) is 2. The van der Waals surface area contributed by atoms with Gasteiger partial charge in [-0.05, 0) is 72.9 Å². The number of hydrogen-bond acceptors (Lipinski definition) is 6. The Morgan fingerprint density at radius 3 is 1.67 bits per heavy atom. The van der Waals surface area contributed by atoms with E-state index >= 15 is 0 Å². The maximum absolute atomic E-state index is 13.6. The van der Waals surface area contributed by atoms with Crippen LogP contribution in [0.4, 0.5) is 11.4 Å². The minimum Gasteiger partial charge on any atom is -0.478 e. The first kappa shape index (κ1) is 25.3. The molecule has 10 heteroatoms. The van der Waals surface area contributed by atoms with E-state index in [0.29, 0.717) is 11.4 Å². The van der Waals surface area contributed by atoms with Crippen LogP contribution in [0.25, 0.3) is 17.4 Å². The summed E-state index contributed by atoms with van der Waals surface area (Å²) >= 11 is 5.58. The second-order valence-corrected chi connectivity index (χ2v) is 8.77. The van der Waals surface area contributed by atoms with E-state index in [9.17, 15) is 29.4 Å². The second-order valence-electron chi connectivity index (χ2n) is 8.40. The van der Waals surface area contributed by atoms with Gasteiger partial charge in [0.25, 0.3) is 11.8 Å². The monoisotopic (exact) mass is 538 g/mol. The van der Waals surface area contributed by atoms with E-state index in [1.165, 1.54) is 40.1 Å². The Labute approximate surface area is 226 Å². The van der Waals surface area contributed by atoms with E-state index in [4.69, 9.17) is 16.6 Å². The van der Waals surface area contributed by atoms with Crippen molar-refractivity contribution in [1.82, 2.24) is 0 Å². The van der Waals surface area contributed by atoms with Gasteiger partial charge in [0.05, 0.1) is 22.5 Å². The van der Waals surface area contributed by atoms with Crippen molar-refractivity contribution in [2.75, 3.05) is 9.80 Å². The molecule has 2 N–H and O–H groups in total.